The maximum Gasteiger partial charge on any atom is 0.224 e. The monoisotopic (exact) mass is 320 g/mol. The van der Waals surface area contributed by atoms with E-state index in [2.05, 4.69) is 19.2 Å². The topological polar surface area (TPSA) is 55.1 Å². The SMILES string of the molecule is CC(C)SCCCC(=O)Nc1c(Cl)cc(N)cc1Cl. The van der Waals surface area contributed by atoms with Crippen LogP contribution in [0.4, 0.5) is 11.4 Å². The molecule has 0 unspecified atom stereocenters. The van der Waals surface area contributed by atoms with Crippen molar-refractivity contribution in [1.29, 1.82) is 0 Å². The third-order valence-electron chi connectivity index (χ3n) is 2.33. The maximum absolute atomic E-state index is 11.8. The van der Waals surface area contributed by atoms with Gasteiger partial charge < -0.3 is 11.1 Å². The van der Waals surface area contributed by atoms with Crippen LogP contribution in [0.2, 0.25) is 10.0 Å². The molecule has 1 amide bonds. The number of halogens is 2. The first-order chi connectivity index (χ1) is 8.90. The van der Waals surface area contributed by atoms with Crippen LogP contribution in [0.5, 0.6) is 0 Å². The lowest BCUT2D eigenvalue weighted by molar-refractivity contribution is -0.116. The summed E-state index contributed by atoms with van der Waals surface area (Å²) in [6, 6.07) is 3.13. The molecule has 0 aliphatic rings. The second-order valence-corrected chi connectivity index (χ2v) is 6.93. The van der Waals surface area contributed by atoms with E-state index in [0.717, 1.165) is 12.2 Å². The van der Waals surface area contributed by atoms with E-state index >= 15 is 0 Å². The molecule has 0 saturated heterocycles. The summed E-state index contributed by atoms with van der Waals surface area (Å²) in [6.07, 6.45) is 1.29. The summed E-state index contributed by atoms with van der Waals surface area (Å²) in [7, 11) is 0. The predicted molar refractivity (Wildman–Crippen MR) is 86.3 cm³/mol. The molecule has 0 spiro atoms. The molecule has 0 saturated carbocycles. The van der Waals surface area contributed by atoms with Gasteiger partial charge in [-0.1, -0.05) is 37.0 Å². The van der Waals surface area contributed by atoms with Crippen LogP contribution in [0.25, 0.3) is 0 Å². The van der Waals surface area contributed by atoms with E-state index in [1.807, 2.05) is 11.8 Å². The first-order valence-electron chi connectivity index (χ1n) is 6.06. The number of nitrogen functional groups attached to an aromatic ring is 1. The Morgan fingerprint density at radius 2 is 1.95 bits per heavy atom. The molecule has 0 radical (unpaired) electrons. The summed E-state index contributed by atoms with van der Waals surface area (Å²) < 4.78 is 0. The Morgan fingerprint density at radius 1 is 1.37 bits per heavy atom. The van der Waals surface area contributed by atoms with E-state index in [0.29, 0.717) is 33.1 Å². The number of thioether (sulfide) groups is 1. The largest absolute Gasteiger partial charge is 0.399 e. The molecule has 1 rings (SSSR count). The van der Waals surface area contributed by atoms with Crippen molar-refractivity contribution in [3.63, 3.8) is 0 Å². The highest BCUT2D eigenvalue weighted by atomic mass is 35.5. The number of carbonyl (C=O) groups is 1. The fourth-order valence-electron chi connectivity index (χ4n) is 1.47. The molecule has 0 atom stereocenters. The third-order valence-corrected chi connectivity index (χ3v) is 4.12. The summed E-state index contributed by atoms with van der Waals surface area (Å²) in [6.45, 7) is 4.28. The molecule has 3 N–H and O–H groups in total. The van der Waals surface area contributed by atoms with Crippen molar-refractivity contribution in [1.82, 2.24) is 0 Å². The number of anilines is 2. The van der Waals surface area contributed by atoms with E-state index in [9.17, 15) is 4.79 Å². The molecule has 0 fully saturated rings. The highest BCUT2D eigenvalue weighted by Crippen LogP contribution is 2.32. The van der Waals surface area contributed by atoms with Crippen LogP contribution in [0.3, 0.4) is 0 Å². The number of amides is 1. The molecule has 1 aromatic rings. The molecule has 0 aliphatic heterocycles. The average Bonchev–Trinajstić information content (AvgIpc) is 2.29. The highest BCUT2D eigenvalue weighted by molar-refractivity contribution is 7.99. The van der Waals surface area contributed by atoms with Gasteiger partial charge in [-0.15, -0.1) is 0 Å². The fourth-order valence-corrected chi connectivity index (χ4v) is 2.85. The Bertz CT molecular complexity index is 429. The number of benzene rings is 1. The maximum atomic E-state index is 11.8. The van der Waals surface area contributed by atoms with E-state index < -0.39 is 0 Å². The summed E-state index contributed by atoms with van der Waals surface area (Å²) in [5, 5.41) is 4.03. The molecule has 0 aliphatic carbocycles. The van der Waals surface area contributed by atoms with Crippen LogP contribution in [0.15, 0.2) is 12.1 Å². The van der Waals surface area contributed by atoms with Crippen LogP contribution in [0, 0.1) is 0 Å². The van der Waals surface area contributed by atoms with Crippen molar-refractivity contribution in [2.24, 2.45) is 0 Å². The number of carbonyl (C=O) groups excluding carboxylic acids is 1. The van der Waals surface area contributed by atoms with Crippen LogP contribution in [-0.4, -0.2) is 16.9 Å². The van der Waals surface area contributed by atoms with Crippen molar-refractivity contribution in [2.75, 3.05) is 16.8 Å². The highest BCUT2D eigenvalue weighted by Gasteiger charge is 2.10. The van der Waals surface area contributed by atoms with E-state index in [1.54, 1.807) is 12.1 Å². The van der Waals surface area contributed by atoms with Gasteiger partial charge in [-0.3, -0.25) is 4.79 Å². The minimum Gasteiger partial charge on any atom is -0.399 e. The second kappa shape index (κ2) is 7.88. The normalized spacial score (nSPS) is 10.8. The van der Waals surface area contributed by atoms with Gasteiger partial charge >= 0.3 is 0 Å². The molecule has 0 bridgehead atoms. The molecular formula is C13H18Cl2N2OS. The second-order valence-electron chi connectivity index (χ2n) is 4.43. The molecule has 0 heterocycles. The lowest BCUT2D eigenvalue weighted by Crippen LogP contribution is -2.12. The molecule has 6 heteroatoms. The van der Waals surface area contributed by atoms with Crippen molar-refractivity contribution >= 4 is 52.2 Å². The van der Waals surface area contributed by atoms with Gasteiger partial charge in [-0.25, -0.2) is 0 Å². The zero-order valence-corrected chi connectivity index (χ0v) is 13.3. The smallest absolute Gasteiger partial charge is 0.224 e. The predicted octanol–water partition coefficient (Wildman–Crippen LogP) is 4.44. The molecule has 0 aromatic heterocycles. The number of nitrogens with two attached hydrogens (primary N) is 1. The summed E-state index contributed by atoms with van der Waals surface area (Å²) in [5.41, 5.74) is 6.50. The molecule has 19 heavy (non-hydrogen) atoms. The van der Waals surface area contributed by atoms with Gasteiger partial charge in [0, 0.05) is 12.1 Å². The van der Waals surface area contributed by atoms with Gasteiger partial charge in [0.1, 0.15) is 0 Å². The van der Waals surface area contributed by atoms with Gasteiger partial charge in [-0.2, -0.15) is 11.8 Å². The Morgan fingerprint density at radius 3 is 2.47 bits per heavy atom. The Kier molecular flexibility index (Phi) is 6.83. The van der Waals surface area contributed by atoms with Crippen molar-refractivity contribution in [3.05, 3.63) is 22.2 Å². The minimum atomic E-state index is -0.0853. The van der Waals surface area contributed by atoms with E-state index in [-0.39, 0.29) is 5.91 Å². The van der Waals surface area contributed by atoms with Crippen molar-refractivity contribution in [2.45, 2.75) is 31.9 Å². The van der Waals surface area contributed by atoms with Crippen LogP contribution in [0.1, 0.15) is 26.7 Å². The molecular weight excluding hydrogens is 303 g/mol. The third kappa shape index (κ3) is 5.93. The van der Waals surface area contributed by atoms with Crippen LogP contribution < -0.4 is 11.1 Å². The van der Waals surface area contributed by atoms with E-state index in [1.165, 1.54) is 0 Å². The number of rotatable bonds is 6. The quantitative estimate of drug-likeness (QED) is 0.602. The number of nitrogens with one attached hydrogen (secondary N) is 1. The minimum absolute atomic E-state index is 0.0853. The Balaban J connectivity index is 2.49. The first-order valence-corrected chi connectivity index (χ1v) is 7.86. The Hall–Kier alpha value is -0.580. The molecule has 106 valence electrons. The summed E-state index contributed by atoms with van der Waals surface area (Å²) in [5.74, 6) is 0.881. The standard InChI is InChI=1S/C13H18Cl2N2OS/c1-8(2)19-5-3-4-12(18)17-13-10(14)6-9(16)7-11(13)15/h6-8H,3-5,16H2,1-2H3,(H,17,18). The van der Waals surface area contributed by atoms with Gasteiger partial charge in [0.15, 0.2) is 0 Å². The molecule has 1 aromatic carbocycles. The zero-order valence-electron chi connectivity index (χ0n) is 11.0. The molecule has 3 nitrogen and oxygen atoms in total. The van der Waals surface area contributed by atoms with Gasteiger partial charge in [0.2, 0.25) is 5.91 Å². The van der Waals surface area contributed by atoms with Gasteiger partial charge in [0.25, 0.3) is 0 Å². The lowest BCUT2D eigenvalue weighted by atomic mass is 10.2. The Labute approximate surface area is 128 Å². The van der Waals surface area contributed by atoms with Crippen molar-refractivity contribution < 1.29 is 4.79 Å². The average molecular weight is 321 g/mol. The summed E-state index contributed by atoms with van der Waals surface area (Å²) >= 11 is 13.8. The van der Waals surface area contributed by atoms with Gasteiger partial charge in [0.05, 0.1) is 15.7 Å². The van der Waals surface area contributed by atoms with Crippen molar-refractivity contribution in [3.8, 4) is 0 Å². The van der Waals surface area contributed by atoms with Crippen LogP contribution in [-0.2, 0) is 4.79 Å². The zero-order chi connectivity index (χ0) is 14.4. The van der Waals surface area contributed by atoms with E-state index in [4.69, 9.17) is 28.9 Å². The first kappa shape index (κ1) is 16.5. The van der Waals surface area contributed by atoms with Gasteiger partial charge in [-0.05, 0) is 29.6 Å². The lowest BCUT2D eigenvalue weighted by Gasteiger charge is -2.10. The fraction of sp³-hybridized carbons (Fsp3) is 0.462. The number of hydrogen-bond acceptors (Lipinski definition) is 3. The summed E-state index contributed by atoms with van der Waals surface area (Å²) in [4.78, 5) is 11.8. The number of hydrogen-bond donors (Lipinski definition) is 2. The van der Waals surface area contributed by atoms with Crippen LogP contribution >= 0.6 is 35.0 Å².